The first kappa shape index (κ1) is 18.1. The van der Waals surface area contributed by atoms with E-state index < -0.39 is 0 Å². The Morgan fingerprint density at radius 2 is 1.81 bits per heavy atom. The summed E-state index contributed by atoms with van der Waals surface area (Å²) < 4.78 is 1.12. The van der Waals surface area contributed by atoms with Gasteiger partial charge in [-0.25, -0.2) is 4.98 Å². The summed E-state index contributed by atoms with van der Waals surface area (Å²) in [5.74, 6) is -0.373. The van der Waals surface area contributed by atoms with Crippen LogP contribution in [-0.2, 0) is 22.4 Å². The Labute approximate surface area is 156 Å². The third-order valence-electron chi connectivity index (χ3n) is 4.02. The zero-order valence-corrected chi connectivity index (χ0v) is 15.4. The molecule has 3 aromatic rings. The topological polar surface area (TPSA) is 71.1 Å². The largest absolute Gasteiger partial charge is 0.347 e. The number of benzene rings is 2. The van der Waals surface area contributed by atoms with Crippen molar-refractivity contribution in [1.82, 2.24) is 10.3 Å². The van der Waals surface area contributed by atoms with Crippen LogP contribution in [0.25, 0.3) is 10.2 Å². The number of hydrogen-bond donors (Lipinski definition) is 2. The summed E-state index contributed by atoms with van der Waals surface area (Å²) in [7, 11) is 0. The van der Waals surface area contributed by atoms with Gasteiger partial charge in [0.2, 0.25) is 11.8 Å². The highest BCUT2D eigenvalue weighted by atomic mass is 32.1. The average Bonchev–Trinajstić information content (AvgIpc) is 3.08. The molecule has 5 nitrogen and oxygen atoms in total. The van der Waals surface area contributed by atoms with Gasteiger partial charge in [-0.05, 0) is 30.2 Å². The lowest BCUT2D eigenvalue weighted by molar-refractivity contribution is -0.124. The molecule has 2 aromatic carbocycles. The molecule has 0 unspecified atom stereocenters. The second-order valence-electron chi connectivity index (χ2n) is 5.91. The molecule has 0 bridgehead atoms. The van der Waals surface area contributed by atoms with Crippen molar-refractivity contribution < 1.29 is 9.59 Å². The van der Waals surface area contributed by atoms with Crippen LogP contribution in [0.4, 0.5) is 5.69 Å². The zero-order chi connectivity index (χ0) is 18.4. The maximum Gasteiger partial charge on any atom is 0.243 e. The van der Waals surface area contributed by atoms with Crippen LogP contribution < -0.4 is 10.6 Å². The SMILES string of the molecule is CCc1ccccc1NC(=O)CNC(=O)CCc1nc2ccccc2s1. The quantitative estimate of drug-likeness (QED) is 0.671. The van der Waals surface area contributed by atoms with Gasteiger partial charge in [0.25, 0.3) is 0 Å². The fraction of sp³-hybridized carbons (Fsp3) is 0.250. The van der Waals surface area contributed by atoms with Crippen molar-refractivity contribution in [3.05, 3.63) is 59.1 Å². The molecule has 0 aliphatic rings. The molecule has 0 radical (unpaired) electrons. The number of amides is 2. The van der Waals surface area contributed by atoms with Crippen LogP contribution in [0.15, 0.2) is 48.5 Å². The number of carbonyl (C=O) groups is 2. The average molecular weight is 367 g/mol. The number of carbonyl (C=O) groups excluding carboxylic acids is 2. The monoisotopic (exact) mass is 367 g/mol. The van der Waals surface area contributed by atoms with E-state index in [-0.39, 0.29) is 18.4 Å². The summed E-state index contributed by atoms with van der Waals surface area (Å²) in [5.41, 5.74) is 2.83. The van der Waals surface area contributed by atoms with Gasteiger partial charge < -0.3 is 10.6 Å². The number of aryl methyl sites for hydroxylation is 2. The van der Waals surface area contributed by atoms with E-state index in [2.05, 4.69) is 15.6 Å². The summed E-state index contributed by atoms with van der Waals surface area (Å²) >= 11 is 1.60. The molecule has 0 fully saturated rings. The van der Waals surface area contributed by atoms with Crippen molar-refractivity contribution in [2.75, 3.05) is 11.9 Å². The minimum absolute atomic E-state index is 0.0310. The number of nitrogens with zero attached hydrogens (tertiary/aromatic N) is 1. The molecule has 1 aromatic heterocycles. The van der Waals surface area contributed by atoms with E-state index in [1.807, 2.05) is 55.5 Å². The van der Waals surface area contributed by atoms with E-state index in [1.54, 1.807) is 11.3 Å². The Bertz CT molecular complexity index is 887. The number of thiazole rings is 1. The van der Waals surface area contributed by atoms with E-state index in [1.165, 1.54) is 0 Å². The Morgan fingerprint density at radius 3 is 2.62 bits per heavy atom. The lowest BCUT2D eigenvalue weighted by Gasteiger charge is -2.10. The number of rotatable bonds is 7. The second kappa shape index (κ2) is 8.58. The summed E-state index contributed by atoms with van der Waals surface area (Å²) in [6.07, 6.45) is 1.73. The van der Waals surface area contributed by atoms with Crippen LogP contribution in [0.5, 0.6) is 0 Å². The van der Waals surface area contributed by atoms with Crippen molar-refractivity contribution in [3.63, 3.8) is 0 Å². The van der Waals surface area contributed by atoms with Crippen LogP contribution in [0.1, 0.15) is 23.9 Å². The molecule has 6 heteroatoms. The first-order valence-corrected chi connectivity index (χ1v) is 9.46. The molecule has 26 heavy (non-hydrogen) atoms. The van der Waals surface area contributed by atoms with Crippen LogP contribution in [0.2, 0.25) is 0 Å². The van der Waals surface area contributed by atoms with Crippen molar-refractivity contribution in [2.45, 2.75) is 26.2 Å². The van der Waals surface area contributed by atoms with Crippen molar-refractivity contribution in [2.24, 2.45) is 0 Å². The predicted octanol–water partition coefficient (Wildman–Crippen LogP) is 3.55. The molecular weight excluding hydrogens is 346 g/mol. The van der Waals surface area contributed by atoms with Crippen LogP contribution in [0, 0.1) is 0 Å². The minimum Gasteiger partial charge on any atom is -0.347 e. The van der Waals surface area contributed by atoms with Gasteiger partial charge in [0.15, 0.2) is 0 Å². The number of fused-ring (bicyclic) bond motifs is 1. The maximum absolute atomic E-state index is 12.0. The van der Waals surface area contributed by atoms with E-state index in [4.69, 9.17) is 0 Å². The Kier molecular flexibility index (Phi) is 5.96. The van der Waals surface area contributed by atoms with Gasteiger partial charge >= 0.3 is 0 Å². The molecule has 2 amide bonds. The molecule has 0 aliphatic carbocycles. The first-order valence-electron chi connectivity index (χ1n) is 8.64. The van der Waals surface area contributed by atoms with Gasteiger partial charge in [-0.2, -0.15) is 0 Å². The maximum atomic E-state index is 12.0. The van der Waals surface area contributed by atoms with E-state index in [0.29, 0.717) is 12.8 Å². The normalized spacial score (nSPS) is 10.7. The van der Waals surface area contributed by atoms with Gasteiger partial charge in [-0.1, -0.05) is 37.3 Å². The van der Waals surface area contributed by atoms with Crippen LogP contribution >= 0.6 is 11.3 Å². The third-order valence-corrected chi connectivity index (χ3v) is 5.12. The molecule has 0 saturated heterocycles. The standard InChI is InChI=1S/C20H21N3O2S/c1-2-14-7-3-4-8-15(14)22-19(25)13-21-18(24)11-12-20-23-16-9-5-6-10-17(16)26-20/h3-10H,2,11-13H2,1H3,(H,21,24)(H,22,25). The fourth-order valence-corrected chi connectivity index (χ4v) is 3.63. The van der Waals surface area contributed by atoms with Gasteiger partial charge in [0.1, 0.15) is 0 Å². The van der Waals surface area contributed by atoms with Gasteiger partial charge in [0, 0.05) is 18.5 Å². The molecule has 0 saturated carbocycles. The molecule has 0 atom stereocenters. The fourth-order valence-electron chi connectivity index (χ4n) is 2.66. The summed E-state index contributed by atoms with van der Waals surface area (Å²) in [4.78, 5) is 28.6. The molecule has 2 N–H and O–H groups in total. The Hall–Kier alpha value is -2.73. The first-order chi connectivity index (χ1) is 12.7. The number of aromatic nitrogens is 1. The third kappa shape index (κ3) is 4.67. The van der Waals surface area contributed by atoms with E-state index >= 15 is 0 Å². The Morgan fingerprint density at radius 1 is 1.04 bits per heavy atom. The summed E-state index contributed by atoms with van der Waals surface area (Å²) in [6.45, 7) is 2.01. The van der Waals surface area contributed by atoms with Crippen molar-refractivity contribution >= 4 is 39.1 Å². The number of nitrogens with one attached hydrogen (secondary N) is 2. The summed E-state index contributed by atoms with van der Waals surface area (Å²) in [5, 5.41) is 6.45. The molecular formula is C20H21N3O2S. The zero-order valence-electron chi connectivity index (χ0n) is 14.6. The minimum atomic E-state index is -0.223. The van der Waals surface area contributed by atoms with E-state index in [9.17, 15) is 9.59 Å². The predicted molar refractivity (Wildman–Crippen MR) is 105 cm³/mol. The van der Waals surface area contributed by atoms with Gasteiger partial charge in [0.05, 0.1) is 21.8 Å². The van der Waals surface area contributed by atoms with Crippen LogP contribution in [-0.4, -0.2) is 23.3 Å². The number of anilines is 1. The number of hydrogen-bond acceptors (Lipinski definition) is 4. The molecule has 0 aliphatic heterocycles. The second-order valence-corrected chi connectivity index (χ2v) is 7.03. The lowest BCUT2D eigenvalue weighted by Crippen LogP contribution is -2.33. The van der Waals surface area contributed by atoms with Crippen LogP contribution in [0.3, 0.4) is 0 Å². The van der Waals surface area contributed by atoms with Gasteiger partial charge in [-0.3, -0.25) is 9.59 Å². The highest BCUT2D eigenvalue weighted by Crippen LogP contribution is 2.22. The Balaban J connectivity index is 1.45. The number of para-hydroxylation sites is 2. The molecule has 3 rings (SSSR count). The highest BCUT2D eigenvalue weighted by molar-refractivity contribution is 7.18. The van der Waals surface area contributed by atoms with Gasteiger partial charge in [-0.15, -0.1) is 11.3 Å². The summed E-state index contributed by atoms with van der Waals surface area (Å²) in [6, 6.07) is 15.6. The van der Waals surface area contributed by atoms with Crippen molar-refractivity contribution in [3.8, 4) is 0 Å². The van der Waals surface area contributed by atoms with Crippen molar-refractivity contribution in [1.29, 1.82) is 0 Å². The molecule has 1 heterocycles. The lowest BCUT2D eigenvalue weighted by atomic mass is 10.1. The molecule has 0 spiro atoms. The highest BCUT2D eigenvalue weighted by Gasteiger charge is 2.10. The van der Waals surface area contributed by atoms with E-state index in [0.717, 1.165) is 32.9 Å². The molecule has 134 valence electrons. The smallest absolute Gasteiger partial charge is 0.243 e.